The molecule has 0 aliphatic heterocycles. The van der Waals surface area contributed by atoms with E-state index in [1.165, 1.54) is 16.1 Å². The van der Waals surface area contributed by atoms with Crippen molar-refractivity contribution in [3.8, 4) is 0 Å². The monoisotopic (exact) mass is 261 g/mol. The third-order valence-electron chi connectivity index (χ3n) is 2.54. The van der Waals surface area contributed by atoms with E-state index in [2.05, 4.69) is 20.5 Å². The summed E-state index contributed by atoms with van der Waals surface area (Å²) >= 11 is 1.32. The van der Waals surface area contributed by atoms with Gasteiger partial charge < -0.3 is 5.32 Å². The van der Waals surface area contributed by atoms with Crippen molar-refractivity contribution in [3.05, 3.63) is 40.8 Å². The van der Waals surface area contributed by atoms with Crippen LogP contribution in [0.5, 0.6) is 0 Å². The summed E-state index contributed by atoms with van der Waals surface area (Å²) in [7, 11) is 1.84. The van der Waals surface area contributed by atoms with Crippen molar-refractivity contribution in [1.29, 1.82) is 0 Å². The van der Waals surface area contributed by atoms with Gasteiger partial charge >= 0.3 is 5.69 Å². The van der Waals surface area contributed by atoms with E-state index in [9.17, 15) is 4.79 Å². The summed E-state index contributed by atoms with van der Waals surface area (Å²) in [5, 5.41) is 11.2. The fourth-order valence-electron chi connectivity index (χ4n) is 1.74. The van der Waals surface area contributed by atoms with E-state index in [4.69, 9.17) is 0 Å². The lowest BCUT2D eigenvalue weighted by Gasteiger charge is -2.10. The highest BCUT2D eigenvalue weighted by molar-refractivity contribution is 7.97. The lowest BCUT2D eigenvalue weighted by Crippen LogP contribution is -2.27. The second kappa shape index (κ2) is 4.26. The quantitative estimate of drug-likeness (QED) is 0.670. The molecule has 0 aliphatic carbocycles. The van der Waals surface area contributed by atoms with E-state index in [0.29, 0.717) is 0 Å². The maximum Gasteiger partial charge on any atom is 0.356 e. The van der Waals surface area contributed by atoms with E-state index >= 15 is 0 Å². The summed E-state index contributed by atoms with van der Waals surface area (Å²) in [6.45, 7) is 0. The Balaban J connectivity index is 2.05. The third kappa shape index (κ3) is 1.88. The predicted octanol–water partition coefficient (Wildman–Crippen LogP) is 1.65. The number of nitrogens with zero attached hydrogens (tertiary/aromatic N) is 2. The molecule has 0 aliphatic rings. The van der Waals surface area contributed by atoms with Gasteiger partial charge in [-0.05, 0) is 11.5 Å². The molecule has 2 aromatic heterocycles. The molecule has 0 amide bonds. The van der Waals surface area contributed by atoms with Crippen LogP contribution in [0.1, 0.15) is 0 Å². The van der Waals surface area contributed by atoms with Gasteiger partial charge in [0.05, 0.1) is 0 Å². The van der Waals surface area contributed by atoms with Crippen LogP contribution in [-0.2, 0) is 0 Å². The van der Waals surface area contributed by atoms with Crippen LogP contribution in [-0.4, -0.2) is 26.4 Å². The number of rotatable bonds is 3. The van der Waals surface area contributed by atoms with E-state index < -0.39 is 0 Å². The molecule has 3 N–H and O–H groups in total. The van der Waals surface area contributed by atoms with Crippen LogP contribution < -0.4 is 11.0 Å². The van der Waals surface area contributed by atoms with Crippen molar-refractivity contribution in [2.75, 3.05) is 12.4 Å². The first kappa shape index (κ1) is 11.0. The normalized spacial score (nSPS) is 10.9. The molecular formula is C11H11N5OS. The van der Waals surface area contributed by atoms with Crippen LogP contribution in [0.3, 0.4) is 0 Å². The molecule has 3 aromatic rings. The zero-order valence-electron chi connectivity index (χ0n) is 9.60. The highest BCUT2D eigenvalue weighted by Gasteiger charge is 2.07. The minimum atomic E-state index is -0.211. The van der Waals surface area contributed by atoms with Gasteiger partial charge in [-0.25, -0.2) is 20.0 Å². The minimum absolute atomic E-state index is 0.211. The molecule has 0 fully saturated rings. The Labute approximate surface area is 107 Å². The van der Waals surface area contributed by atoms with Crippen molar-refractivity contribution < 1.29 is 0 Å². The summed E-state index contributed by atoms with van der Waals surface area (Å²) < 4.78 is 1.51. The molecule has 0 spiro atoms. The number of anilines is 1. The van der Waals surface area contributed by atoms with Gasteiger partial charge in [-0.1, -0.05) is 24.3 Å². The lowest BCUT2D eigenvalue weighted by molar-refractivity contribution is 0.655. The first-order valence-corrected chi connectivity index (χ1v) is 6.16. The van der Waals surface area contributed by atoms with Crippen LogP contribution in [0, 0.1) is 0 Å². The standard InChI is InChI=1S/C11H11N5OS/c1-12-10-8-5-3-2-4-7(8)6-9(13-10)18-16-14-11(17)15-16/h2-6H,1H3,(H,12,13)(H2,14,15,17). The predicted molar refractivity (Wildman–Crippen MR) is 71.9 cm³/mol. The van der Waals surface area contributed by atoms with Gasteiger partial charge in [-0.15, -0.1) is 0 Å². The van der Waals surface area contributed by atoms with Crippen molar-refractivity contribution >= 4 is 28.5 Å². The van der Waals surface area contributed by atoms with E-state index in [1.807, 2.05) is 37.4 Å². The number of aromatic nitrogens is 4. The molecule has 0 unspecified atom stereocenters. The number of fused-ring (bicyclic) bond motifs is 1. The fourth-order valence-corrected chi connectivity index (χ4v) is 2.49. The van der Waals surface area contributed by atoms with E-state index in [-0.39, 0.29) is 5.69 Å². The highest BCUT2D eigenvalue weighted by atomic mass is 32.2. The second-order valence-corrected chi connectivity index (χ2v) is 4.68. The Hall–Kier alpha value is -2.15. The van der Waals surface area contributed by atoms with Gasteiger partial charge in [-0.3, -0.25) is 0 Å². The van der Waals surface area contributed by atoms with Gasteiger partial charge in [0.25, 0.3) is 0 Å². The molecule has 0 atom stereocenters. The molecule has 3 rings (SSSR count). The van der Waals surface area contributed by atoms with Crippen molar-refractivity contribution in [3.63, 3.8) is 0 Å². The zero-order chi connectivity index (χ0) is 12.5. The minimum Gasteiger partial charge on any atom is -0.373 e. The molecule has 6 nitrogen and oxygen atoms in total. The molecule has 0 saturated heterocycles. The summed E-state index contributed by atoms with van der Waals surface area (Å²) in [6, 6.07) is 10.00. The van der Waals surface area contributed by atoms with Crippen molar-refractivity contribution in [2.24, 2.45) is 0 Å². The van der Waals surface area contributed by atoms with Gasteiger partial charge in [-0.2, -0.15) is 4.20 Å². The number of nitrogens with one attached hydrogen (secondary N) is 3. The molecule has 92 valence electrons. The van der Waals surface area contributed by atoms with Crippen molar-refractivity contribution in [2.45, 2.75) is 5.03 Å². The molecule has 7 heteroatoms. The SMILES string of the molecule is CNc1nc(Sn2[nH]c(=O)[nH]2)cc2ccccc12. The summed E-state index contributed by atoms with van der Waals surface area (Å²) in [6.07, 6.45) is 0. The Morgan fingerprint density at radius 1 is 1.33 bits per heavy atom. The smallest absolute Gasteiger partial charge is 0.356 e. The summed E-state index contributed by atoms with van der Waals surface area (Å²) in [4.78, 5) is 15.2. The maximum absolute atomic E-state index is 10.7. The number of aromatic amines is 2. The number of hydrogen-bond acceptors (Lipinski definition) is 4. The fraction of sp³-hybridized carbons (Fsp3) is 0.0909. The topological polar surface area (TPSA) is 78.5 Å². The molecule has 0 bridgehead atoms. The van der Waals surface area contributed by atoms with Gasteiger partial charge in [0.2, 0.25) is 0 Å². The molecular weight excluding hydrogens is 250 g/mol. The first-order chi connectivity index (χ1) is 8.76. The number of pyridine rings is 1. The van der Waals surface area contributed by atoms with E-state index in [1.54, 1.807) is 0 Å². The first-order valence-electron chi connectivity index (χ1n) is 5.39. The summed E-state index contributed by atoms with van der Waals surface area (Å²) in [5.74, 6) is 0.822. The zero-order valence-corrected chi connectivity index (χ0v) is 10.4. The van der Waals surface area contributed by atoms with Crippen LogP contribution in [0.15, 0.2) is 40.2 Å². The van der Waals surface area contributed by atoms with Gasteiger partial charge in [0, 0.05) is 24.4 Å². The van der Waals surface area contributed by atoms with Gasteiger partial charge in [0.15, 0.2) is 0 Å². The Bertz CT molecular complexity index is 726. The van der Waals surface area contributed by atoms with Crippen molar-refractivity contribution in [1.82, 2.24) is 19.4 Å². The molecule has 1 aromatic carbocycles. The Morgan fingerprint density at radius 2 is 2.11 bits per heavy atom. The highest BCUT2D eigenvalue weighted by Crippen LogP contribution is 2.26. The lowest BCUT2D eigenvalue weighted by atomic mass is 10.1. The number of benzene rings is 1. The van der Waals surface area contributed by atoms with Crippen LogP contribution >= 0.6 is 11.9 Å². The average molecular weight is 261 g/mol. The average Bonchev–Trinajstić information content (AvgIpc) is 2.36. The molecule has 18 heavy (non-hydrogen) atoms. The number of hydrogen-bond donors (Lipinski definition) is 3. The summed E-state index contributed by atoms with van der Waals surface area (Å²) in [5.41, 5.74) is -0.211. The second-order valence-electron chi connectivity index (χ2n) is 3.72. The van der Waals surface area contributed by atoms with Crippen LogP contribution in [0.4, 0.5) is 5.82 Å². The van der Waals surface area contributed by atoms with Crippen LogP contribution in [0.2, 0.25) is 0 Å². The molecule has 0 radical (unpaired) electrons. The number of H-pyrrole nitrogens is 2. The third-order valence-corrected chi connectivity index (χ3v) is 3.31. The van der Waals surface area contributed by atoms with E-state index in [0.717, 1.165) is 21.6 Å². The molecule has 0 saturated carbocycles. The molecule has 2 heterocycles. The largest absolute Gasteiger partial charge is 0.373 e. The maximum atomic E-state index is 10.7. The Kier molecular flexibility index (Phi) is 2.60. The van der Waals surface area contributed by atoms with Gasteiger partial charge in [0.1, 0.15) is 10.8 Å². The van der Waals surface area contributed by atoms with Crippen LogP contribution in [0.25, 0.3) is 10.8 Å². The Morgan fingerprint density at radius 3 is 2.83 bits per heavy atom.